The molecule has 0 aliphatic rings. The summed E-state index contributed by atoms with van der Waals surface area (Å²) in [5.74, 6) is -1.16. The summed E-state index contributed by atoms with van der Waals surface area (Å²) in [6.45, 7) is 0.354. The molecule has 2 aromatic carbocycles. The number of nitrogens with two attached hydrogens (primary N) is 1. The van der Waals surface area contributed by atoms with Crippen LogP contribution in [0.1, 0.15) is 11.1 Å². The third-order valence-electron chi connectivity index (χ3n) is 4.69. The minimum Gasteiger partial charge on any atom is -0.382 e. The Balaban J connectivity index is 1.88. The lowest BCUT2D eigenvalue weighted by Gasteiger charge is -2.11. The Morgan fingerprint density at radius 1 is 1.07 bits per heavy atom. The normalized spacial score (nSPS) is 11.9. The number of pyridine rings is 1. The Morgan fingerprint density at radius 3 is 2.50 bits per heavy atom. The highest BCUT2D eigenvalue weighted by Gasteiger charge is 2.15. The summed E-state index contributed by atoms with van der Waals surface area (Å²) in [6.07, 6.45) is 3.81. The monoisotopic (exact) mass is 406 g/mol. The maximum absolute atomic E-state index is 13.8. The van der Waals surface area contributed by atoms with Gasteiger partial charge in [-0.2, -0.15) is 0 Å². The largest absolute Gasteiger partial charge is 0.382 e. The van der Waals surface area contributed by atoms with E-state index >= 15 is 0 Å². The highest BCUT2D eigenvalue weighted by molar-refractivity contribution is 5.82. The minimum absolute atomic E-state index is 0.195. The number of hydrogen-bond acceptors (Lipinski definition) is 4. The van der Waals surface area contributed by atoms with Crippen molar-refractivity contribution in [3.05, 3.63) is 95.7 Å². The maximum Gasteiger partial charge on any atom is 0.150 e. The summed E-state index contributed by atoms with van der Waals surface area (Å²) >= 11 is 0. The summed E-state index contributed by atoms with van der Waals surface area (Å²) in [5, 5.41) is 0. The second kappa shape index (κ2) is 8.44. The number of halogens is 2. The molecule has 30 heavy (non-hydrogen) atoms. The number of benzene rings is 2. The van der Waals surface area contributed by atoms with Crippen molar-refractivity contribution < 1.29 is 13.6 Å². The number of imidazole rings is 1. The summed E-state index contributed by atoms with van der Waals surface area (Å²) < 4.78 is 29.4. The van der Waals surface area contributed by atoms with Gasteiger partial charge >= 0.3 is 0 Å². The van der Waals surface area contributed by atoms with Crippen LogP contribution < -0.4 is 11.2 Å². The summed E-state index contributed by atoms with van der Waals surface area (Å²) in [6, 6.07) is 16.9. The van der Waals surface area contributed by atoms with Crippen LogP contribution in [0.4, 0.5) is 14.6 Å². The fourth-order valence-electron chi connectivity index (χ4n) is 3.43. The van der Waals surface area contributed by atoms with Gasteiger partial charge in [0.2, 0.25) is 0 Å². The molecule has 0 unspecified atom stereocenters. The molecule has 0 bridgehead atoms. The van der Waals surface area contributed by atoms with Crippen molar-refractivity contribution >= 4 is 17.0 Å². The first kappa shape index (κ1) is 19.8. The molecule has 2 heterocycles. The van der Waals surface area contributed by atoms with Gasteiger partial charge < -0.3 is 5.73 Å². The van der Waals surface area contributed by atoms with Gasteiger partial charge in [-0.25, -0.2) is 19.2 Å². The number of rotatable bonds is 6. The van der Waals surface area contributed by atoms with Crippen LogP contribution in [-0.2, 0) is 4.84 Å². The highest BCUT2D eigenvalue weighted by Crippen LogP contribution is 2.31. The fourth-order valence-corrected chi connectivity index (χ4v) is 3.43. The Kier molecular flexibility index (Phi) is 5.56. The number of fused-ring (bicyclic) bond motifs is 1. The van der Waals surface area contributed by atoms with Crippen molar-refractivity contribution in [2.24, 2.45) is 0 Å². The second-order valence-electron chi connectivity index (χ2n) is 6.65. The lowest BCUT2D eigenvalue weighted by Crippen LogP contribution is -2.07. The number of anilines is 1. The summed E-state index contributed by atoms with van der Waals surface area (Å²) in [5.41, 5.74) is 12.9. The standard InChI is InChI=1S/C23H20F2N4O/c1-27-30-10-9-20(15-5-3-2-4-6-15)16-7-8-21-28-23(26)22(29(21)14-16)17-11-18(24)13-19(25)12-17/h2-9,11-14,27H,10,26H2,1H3/b20-9+. The van der Waals surface area contributed by atoms with Crippen molar-refractivity contribution in [1.82, 2.24) is 14.9 Å². The Labute approximate surface area is 172 Å². The number of nitrogen functional groups attached to an aromatic ring is 1. The summed E-state index contributed by atoms with van der Waals surface area (Å²) in [4.78, 5) is 9.61. The molecule has 0 saturated heterocycles. The summed E-state index contributed by atoms with van der Waals surface area (Å²) in [7, 11) is 1.70. The number of hydrogen-bond donors (Lipinski definition) is 2. The molecule has 7 heteroatoms. The molecule has 0 aliphatic carbocycles. The van der Waals surface area contributed by atoms with Crippen LogP contribution in [0.15, 0.2) is 72.9 Å². The van der Waals surface area contributed by atoms with Crippen molar-refractivity contribution in [2.75, 3.05) is 19.4 Å². The molecule has 4 aromatic rings. The Morgan fingerprint density at radius 2 is 1.80 bits per heavy atom. The SMILES string of the molecule is CNOC/C=C(\c1ccccc1)c1ccc2nc(N)c(-c3cc(F)cc(F)c3)n2c1. The molecule has 0 amide bonds. The van der Waals surface area contributed by atoms with Crippen molar-refractivity contribution in [2.45, 2.75) is 0 Å². The van der Waals surface area contributed by atoms with Gasteiger partial charge in [0.25, 0.3) is 0 Å². The van der Waals surface area contributed by atoms with Crippen LogP contribution in [0.5, 0.6) is 0 Å². The van der Waals surface area contributed by atoms with E-state index in [4.69, 9.17) is 10.6 Å². The number of aromatic nitrogens is 2. The molecule has 2 aromatic heterocycles. The first-order chi connectivity index (χ1) is 14.6. The number of nitrogens with one attached hydrogen (secondary N) is 1. The lowest BCUT2D eigenvalue weighted by molar-refractivity contribution is 0.0813. The van der Waals surface area contributed by atoms with E-state index < -0.39 is 11.6 Å². The molecule has 0 radical (unpaired) electrons. The highest BCUT2D eigenvalue weighted by atomic mass is 19.1. The van der Waals surface area contributed by atoms with Crippen LogP contribution in [-0.4, -0.2) is 23.0 Å². The van der Waals surface area contributed by atoms with Crippen LogP contribution in [0, 0.1) is 11.6 Å². The van der Waals surface area contributed by atoms with E-state index in [0.29, 0.717) is 23.5 Å². The van der Waals surface area contributed by atoms with Gasteiger partial charge in [-0.05, 0) is 47.0 Å². The molecular weight excluding hydrogens is 386 g/mol. The van der Waals surface area contributed by atoms with Gasteiger partial charge in [-0.15, -0.1) is 0 Å². The topological polar surface area (TPSA) is 64.6 Å². The molecule has 152 valence electrons. The fraction of sp³-hybridized carbons (Fsp3) is 0.0870. The molecule has 5 nitrogen and oxygen atoms in total. The Bertz CT molecular complexity index is 1200. The van der Waals surface area contributed by atoms with E-state index in [1.54, 1.807) is 11.4 Å². The van der Waals surface area contributed by atoms with Crippen molar-refractivity contribution in [3.63, 3.8) is 0 Å². The van der Waals surface area contributed by atoms with Gasteiger partial charge in [-0.3, -0.25) is 9.24 Å². The van der Waals surface area contributed by atoms with Crippen LogP contribution >= 0.6 is 0 Å². The van der Waals surface area contributed by atoms with E-state index in [1.807, 2.05) is 54.7 Å². The zero-order valence-electron chi connectivity index (χ0n) is 16.3. The number of nitrogens with zero attached hydrogens (tertiary/aromatic N) is 2. The van der Waals surface area contributed by atoms with Gasteiger partial charge in [0.05, 0.1) is 12.3 Å². The molecule has 4 rings (SSSR count). The van der Waals surface area contributed by atoms with Crippen LogP contribution in [0.3, 0.4) is 0 Å². The van der Waals surface area contributed by atoms with E-state index in [2.05, 4.69) is 10.5 Å². The molecule has 3 N–H and O–H groups in total. The van der Waals surface area contributed by atoms with Crippen LogP contribution in [0.2, 0.25) is 0 Å². The quantitative estimate of drug-likeness (QED) is 0.367. The average Bonchev–Trinajstić information content (AvgIpc) is 3.06. The first-order valence-electron chi connectivity index (χ1n) is 9.35. The Hall–Kier alpha value is -3.55. The minimum atomic E-state index is -0.676. The molecule has 0 spiro atoms. The molecule has 0 saturated carbocycles. The molecule has 0 aliphatic heterocycles. The second-order valence-corrected chi connectivity index (χ2v) is 6.65. The third kappa shape index (κ3) is 3.94. The van der Waals surface area contributed by atoms with E-state index in [0.717, 1.165) is 22.8 Å². The van der Waals surface area contributed by atoms with Crippen LogP contribution in [0.25, 0.3) is 22.5 Å². The predicted octanol–water partition coefficient (Wildman–Crippen LogP) is 4.44. The number of hydroxylamine groups is 1. The maximum atomic E-state index is 13.8. The molecular formula is C23H20F2N4O. The van der Waals surface area contributed by atoms with Crippen molar-refractivity contribution in [3.8, 4) is 11.3 Å². The van der Waals surface area contributed by atoms with Gasteiger partial charge in [0.1, 0.15) is 17.3 Å². The van der Waals surface area contributed by atoms with Gasteiger partial charge in [-0.1, -0.05) is 30.3 Å². The molecule has 0 fully saturated rings. The van der Waals surface area contributed by atoms with Crippen molar-refractivity contribution in [1.29, 1.82) is 0 Å². The zero-order chi connectivity index (χ0) is 21.1. The predicted molar refractivity (Wildman–Crippen MR) is 113 cm³/mol. The lowest BCUT2D eigenvalue weighted by atomic mass is 9.99. The average molecular weight is 406 g/mol. The van der Waals surface area contributed by atoms with Gasteiger partial charge in [0, 0.05) is 24.9 Å². The van der Waals surface area contributed by atoms with E-state index in [-0.39, 0.29) is 5.82 Å². The van der Waals surface area contributed by atoms with Gasteiger partial charge in [0.15, 0.2) is 5.82 Å². The smallest absolute Gasteiger partial charge is 0.150 e. The van der Waals surface area contributed by atoms with E-state index in [1.165, 1.54) is 12.1 Å². The first-order valence-corrected chi connectivity index (χ1v) is 9.35. The molecule has 0 atom stereocenters. The van der Waals surface area contributed by atoms with E-state index in [9.17, 15) is 8.78 Å². The zero-order valence-corrected chi connectivity index (χ0v) is 16.3. The third-order valence-corrected chi connectivity index (χ3v) is 4.69.